The van der Waals surface area contributed by atoms with E-state index >= 15 is 0 Å². The second-order valence-corrected chi connectivity index (χ2v) is 7.03. The van der Waals surface area contributed by atoms with E-state index in [-0.39, 0.29) is 0 Å². The molecule has 30 heavy (non-hydrogen) atoms. The van der Waals surface area contributed by atoms with Gasteiger partial charge in [-0.05, 0) is 44.4 Å². The van der Waals surface area contributed by atoms with Crippen molar-refractivity contribution < 1.29 is 14.2 Å². The highest BCUT2D eigenvalue weighted by molar-refractivity contribution is 5.79. The van der Waals surface area contributed by atoms with Crippen molar-refractivity contribution in [2.45, 2.75) is 39.3 Å². The maximum Gasteiger partial charge on any atom is 0.219 e. The quantitative estimate of drug-likeness (QED) is 0.525. The van der Waals surface area contributed by atoms with Gasteiger partial charge < -0.3 is 24.4 Å². The van der Waals surface area contributed by atoms with E-state index in [1.807, 2.05) is 56.6 Å². The second-order valence-electron chi connectivity index (χ2n) is 7.03. The Balaban J connectivity index is 1.52. The Bertz CT molecular complexity index is 802. The van der Waals surface area contributed by atoms with Crippen molar-refractivity contribution in [2.75, 3.05) is 33.4 Å². The van der Waals surface area contributed by atoms with Crippen LogP contribution in [0.2, 0.25) is 0 Å². The first-order valence-electron chi connectivity index (χ1n) is 10.6. The van der Waals surface area contributed by atoms with Gasteiger partial charge in [-0.1, -0.05) is 18.2 Å². The molecule has 1 aliphatic rings. The lowest BCUT2D eigenvalue weighted by molar-refractivity contribution is 0.0263. The Hall–Kier alpha value is -2.80. The van der Waals surface area contributed by atoms with Crippen molar-refractivity contribution in [3.8, 4) is 17.4 Å². The maximum atomic E-state index is 5.89. The minimum absolute atomic E-state index is 0.369. The Labute approximate surface area is 179 Å². The molecule has 0 aliphatic carbocycles. The average Bonchev–Trinajstić information content (AvgIpc) is 2.78. The highest BCUT2D eigenvalue weighted by atomic mass is 16.5. The molecule has 0 atom stereocenters. The molecule has 1 aliphatic heterocycles. The van der Waals surface area contributed by atoms with Crippen LogP contribution in [-0.4, -0.2) is 55.3 Å². The fourth-order valence-corrected chi connectivity index (χ4v) is 3.48. The summed E-state index contributed by atoms with van der Waals surface area (Å²) in [6.07, 6.45) is 4.26. The van der Waals surface area contributed by atoms with Crippen molar-refractivity contribution in [3.05, 3.63) is 48.2 Å². The number of aromatic nitrogens is 1. The fourth-order valence-electron chi connectivity index (χ4n) is 3.48. The van der Waals surface area contributed by atoms with Crippen molar-refractivity contribution in [2.24, 2.45) is 4.99 Å². The van der Waals surface area contributed by atoms with Crippen molar-refractivity contribution in [3.63, 3.8) is 0 Å². The molecule has 0 spiro atoms. The fraction of sp³-hybridized carbons (Fsp3) is 0.478. The Morgan fingerprint density at radius 3 is 2.50 bits per heavy atom. The van der Waals surface area contributed by atoms with Gasteiger partial charge in [0.25, 0.3) is 0 Å². The number of nitrogens with zero attached hydrogens (tertiary/aromatic N) is 3. The Morgan fingerprint density at radius 1 is 1.10 bits per heavy atom. The van der Waals surface area contributed by atoms with Crippen LogP contribution in [-0.2, 0) is 11.3 Å². The van der Waals surface area contributed by atoms with E-state index < -0.39 is 0 Å². The molecule has 7 nitrogen and oxygen atoms in total. The molecule has 162 valence electrons. The van der Waals surface area contributed by atoms with Gasteiger partial charge in [-0.25, -0.2) is 4.98 Å². The van der Waals surface area contributed by atoms with Crippen molar-refractivity contribution in [1.29, 1.82) is 0 Å². The smallest absolute Gasteiger partial charge is 0.219 e. The van der Waals surface area contributed by atoms with Crippen LogP contribution in [0.15, 0.2) is 47.6 Å². The van der Waals surface area contributed by atoms with Crippen LogP contribution >= 0.6 is 0 Å². The summed E-state index contributed by atoms with van der Waals surface area (Å²) in [5.74, 6) is 2.82. The molecule has 2 heterocycles. The lowest BCUT2D eigenvalue weighted by Crippen LogP contribution is -2.46. The number of likely N-dealkylation sites (tertiary alicyclic amines) is 1. The minimum Gasteiger partial charge on any atom is -0.490 e. The minimum atomic E-state index is 0.369. The SMILES string of the molecule is CCOc1ccccc1Oc1ccc(CNC(=NC)N2CCC(OCC)CC2)cn1. The second kappa shape index (κ2) is 11.4. The van der Waals surface area contributed by atoms with Crippen LogP contribution in [0.1, 0.15) is 32.3 Å². The molecule has 1 fully saturated rings. The van der Waals surface area contributed by atoms with E-state index in [1.165, 1.54) is 0 Å². The lowest BCUT2D eigenvalue weighted by Gasteiger charge is -2.34. The number of ether oxygens (including phenoxy) is 3. The average molecular weight is 413 g/mol. The maximum absolute atomic E-state index is 5.89. The molecule has 0 unspecified atom stereocenters. The topological polar surface area (TPSA) is 68.2 Å². The number of piperidine rings is 1. The molecule has 0 saturated carbocycles. The largest absolute Gasteiger partial charge is 0.490 e. The predicted octanol–water partition coefficient (Wildman–Crippen LogP) is 3.85. The Morgan fingerprint density at radius 2 is 1.87 bits per heavy atom. The molecule has 1 aromatic heterocycles. The third-order valence-electron chi connectivity index (χ3n) is 4.97. The van der Waals surface area contributed by atoms with Gasteiger partial charge in [0.1, 0.15) is 0 Å². The summed E-state index contributed by atoms with van der Waals surface area (Å²) in [7, 11) is 1.82. The highest BCUT2D eigenvalue weighted by Crippen LogP contribution is 2.30. The summed E-state index contributed by atoms with van der Waals surface area (Å²) in [6.45, 7) is 7.93. The zero-order chi connectivity index (χ0) is 21.2. The van der Waals surface area contributed by atoms with Gasteiger partial charge in [-0.15, -0.1) is 0 Å². The number of aliphatic imine (C=N–C) groups is 1. The molecule has 1 N–H and O–H groups in total. The number of hydrogen-bond donors (Lipinski definition) is 1. The van der Waals surface area contributed by atoms with E-state index in [0.29, 0.717) is 36.6 Å². The van der Waals surface area contributed by atoms with Crippen LogP contribution in [0.25, 0.3) is 0 Å². The third-order valence-corrected chi connectivity index (χ3v) is 4.97. The van der Waals surface area contributed by atoms with Gasteiger partial charge in [0.2, 0.25) is 5.88 Å². The molecule has 1 saturated heterocycles. The third kappa shape index (κ3) is 6.10. The zero-order valence-corrected chi connectivity index (χ0v) is 18.1. The summed E-state index contributed by atoms with van der Waals surface area (Å²) in [6, 6.07) is 11.5. The van der Waals surface area contributed by atoms with E-state index in [4.69, 9.17) is 14.2 Å². The van der Waals surface area contributed by atoms with E-state index in [1.54, 1.807) is 0 Å². The first-order chi connectivity index (χ1) is 14.7. The number of hydrogen-bond acceptors (Lipinski definition) is 5. The first-order valence-corrected chi connectivity index (χ1v) is 10.6. The van der Waals surface area contributed by atoms with E-state index in [9.17, 15) is 0 Å². The molecule has 1 aromatic carbocycles. The van der Waals surface area contributed by atoms with Crippen molar-refractivity contribution >= 4 is 5.96 Å². The molecule has 3 rings (SSSR count). The molecular weight excluding hydrogens is 380 g/mol. The van der Waals surface area contributed by atoms with Gasteiger partial charge in [-0.3, -0.25) is 4.99 Å². The van der Waals surface area contributed by atoms with E-state index in [2.05, 4.69) is 27.1 Å². The molecule has 0 radical (unpaired) electrons. The number of benzene rings is 1. The molecular formula is C23H32N4O3. The number of guanidine groups is 1. The number of para-hydroxylation sites is 2. The normalized spacial score (nSPS) is 15.2. The van der Waals surface area contributed by atoms with Gasteiger partial charge in [0, 0.05) is 45.6 Å². The number of nitrogens with one attached hydrogen (secondary N) is 1. The van der Waals surface area contributed by atoms with Gasteiger partial charge in [0.05, 0.1) is 12.7 Å². The van der Waals surface area contributed by atoms with Crippen LogP contribution < -0.4 is 14.8 Å². The van der Waals surface area contributed by atoms with Gasteiger partial charge in [-0.2, -0.15) is 0 Å². The van der Waals surface area contributed by atoms with E-state index in [0.717, 1.165) is 44.1 Å². The van der Waals surface area contributed by atoms with Crippen LogP contribution in [0, 0.1) is 0 Å². The molecule has 0 amide bonds. The van der Waals surface area contributed by atoms with Crippen LogP contribution in [0.4, 0.5) is 0 Å². The zero-order valence-electron chi connectivity index (χ0n) is 18.1. The van der Waals surface area contributed by atoms with Crippen LogP contribution in [0.5, 0.6) is 17.4 Å². The summed E-state index contributed by atoms with van der Waals surface area (Å²) >= 11 is 0. The highest BCUT2D eigenvalue weighted by Gasteiger charge is 2.21. The summed E-state index contributed by atoms with van der Waals surface area (Å²) in [4.78, 5) is 11.1. The van der Waals surface area contributed by atoms with Crippen molar-refractivity contribution in [1.82, 2.24) is 15.2 Å². The lowest BCUT2D eigenvalue weighted by atomic mass is 10.1. The summed E-state index contributed by atoms with van der Waals surface area (Å²) in [5.41, 5.74) is 1.06. The number of pyridine rings is 1. The molecule has 2 aromatic rings. The summed E-state index contributed by atoms with van der Waals surface area (Å²) in [5, 5.41) is 3.43. The molecule has 7 heteroatoms. The monoisotopic (exact) mass is 412 g/mol. The van der Waals surface area contributed by atoms with Gasteiger partial charge in [0.15, 0.2) is 17.5 Å². The predicted molar refractivity (Wildman–Crippen MR) is 118 cm³/mol. The van der Waals surface area contributed by atoms with Gasteiger partial charge >= 0.3 is 0 Å². The standard InChI is InChI=1S/C23H32N4O3/c1-4-28-19-12-14-27(15-13-19)23(24-3)26-17-18-10-11-22(25-16-18)30-21-9-7-6-8-20(21)29-5-2/h6-11,16,19H,4-5,12-15,17H2,1-3H3,(H,24,26). The van der Waals surface area contributed by atoms with Crippen LogP contribution in [0.3, 0.4) is 0 Å². The number of rotatable bonds is 8. The summed E-state index contributed by atoms with van der Waals surface area (Å²) < 4.78 is 17.2. The first kappa shape index (κ1) is 21.9. The molecule has 0 bridgehead atoms. The Kier molecular flexibility index (Phi) is 8.32.